The third-order valence-electron chi connectivity index (χ3n) is 3.88. The van der Waals surface area contributed by atoms with Crippen molar-refractivity contribution in [3.05, 3.63) is 71.8 Å². The molecule has 1 N–H and O–H groups in total. The maximum Gasteiger partial charge on any atom is 0.416 e. The van der Waals surface area contributed by atoms with Crippen LogP contribution >= 0.6 is 0 Å². The normalized spacial score (nSPS) is 11.2. The summed E-state index contributed by atoms with van der Waals surface area (Å²) in [6.07, 6.45) is -3.86. The molecule has 0 saturated heterocycles. The number of ether oxygens (including phenoxy) is 1. The van der Waals surface area contributed by atoms with E-state index in [4.69, 9.17) is 4.74 Å². The van der Waals surface area contributed by atoms with Gasteiger partial charge in [-0.25, -0.2) is 0 Å². The lowest BCUT2D eigenvalue weighted by Crippen LogP contribution is -2.21. The Balaban J connectivity index is 1.71. The molecule has 138 valence electrons. The minimum Gasteiger partial charge on any atom is -0.483 e. The number of hydrogen-bond donors (Lipinski definition) is 1. The van der Waals surface area contributed by atoms with Crippen LogP contribution in [0.3, 0.4) is 0 Å². The van der Waals surface area contributed by atoms with Crippen LogP contribution in [0.2, 0.25) is 0 Å². The number of benzene rings is 3. The molecule has 0 aliphatic carbocycles. The Morgan fingerprint density at radius 1 is 1.04 bits per heavy atom. The first-order valence-electron chi connectivity index (χ1n) is 7.95. The standard InChI is InChI=1S/C20H14F3NO3/c21-20(22,23)14-5-3-6-15(10-14)24-19(26)12-27-18-9-8-13-4-1-2-7-16(13)17(18)11-25/h1-11H,12H2,(H,24,26). The zero-order chi connectivity index (χ0) is 19.4. The first-order chi connectivity index (χ1) is 12.9. The highest BCUT2D eigenvalue weighted by atomic mass is 19.4. The van der Waals surface area contributed by atoms with E-state index in [1.165, 1.54) is 12.1 Å². The second-order valence-electron chi connectivity index (χ2n) is 5.73. The number of alkyl halides is 3. The molecule has 0 aliphatic heterocycles. The molecule has 0 aromatic heterocycles. The average Bonchev–Trinajstić information content (AvgIpc) is 2.65. The molecule has 0 fully saturated rings. The van der Waals surface area contributed by atoms with E-state index in [1.54, 1.807) is 24.3 Å². The van der Waals surface area contributed by atoms with E-state index >= 15 is 0 Å². The van der Waals surface area contributed by atoms with Crippen molar-refractivity contribution in [3.8, 4) is 5.75 Å². The quantitative estimate of drug-likeness (QED) is 0.660. The molecule has 1 amide bonds. The minimum absolute atomic E-state index is 0.00699. The summed E-state index contributed by atoms with van der Waals surface area (Å²) in [6, 6.07) is 14.8. The molecule has 4 nitrogen and oxygen atoms in total. The molecule has 0 aliphatic rings. The third-order valence-corrected chi connectivity index (χ3v) is 3.88. The maximum absolute atomic E-state index is 12.7. The van der Waals surface area contributed by atoms with Gasteiger partial charge >= 0.3 is 6.18 Å². The van der Waals surface area contributed by atoms with Crippen molar-refractivity contribution >= 4 is 28.7 Å². The fraction of sp³-hybridized carbons (Fsp3) is 0.100. The van der Waals surface area contributed by atoms with Gasteiger partial charge in [0.2, 0.25) is 0 Å². The van der Waals surface area contributed by atoms with Gasteiger partial charge in [0, 0.05) is 5.69 Å². The third kappa shape index (κ3) is 4.25. The highest BCUT2D eigenvalue weighted by Crippen LogP contribution is 2.30. The molecule has 27 heavy (non-hydrogen) atoms. The molecule has 3 rings (SSSR count). The number of amides is 1. The molecule has 0 saturated carbocycles. The lowest BCUT2D eigenvalue weighted by Gasteiger charge is -2.12. The number of carbonyl (C=O) groups excluding carboxylic acids is 2. The molecule has 3 aromatic rings. The van der Waals surface area contributed by atoms with Gasteiger partial charge in [-0.05, 0) is 35.0 Å². The SMILES string of the molecule is O=Cc1c(OCC(=O)Nc2cccc(C(F)(F)F)c2)ccc2ccccc12. The Bertz CT molecular complexity index is 999. The second-order valence-corrected chi connectivity index (χ2v) is 5.73. The highest BCUT2D eigenvalue weighted by molar-refractivity contribution is 6.01. The molecule has 3 aromatic carbocycles. The van der Waals surface area contributed by atoms with Crippen molar-refractivity contribution in [2.75, 3.05) is 11.9 Å². The first kappa shape index (κ1) is 18.4. The Morgan fingerprint density at radius 2 is 1.81 bits per heavy atom. The number of hydrogen-bond acceptors (Lipinski definition) is 3. The number of rotatable bonds is 5. The second kappa shape index (κ2) is 7.49. The van der Waals surface area contributed by atoms with Crippen LogP contribution in [-0.4, -0.2) is 18.8 Å². The average molecular weight is 373 g/mol. The van der Waals surface area contributed by atoms with Gasteiger partial charge in [-0.2, -0.15) is 13.2 Å². The molecule has 0 atom stereocenters. The summed E-state index contributed by atoms with van der Waals surface area (Å²) in [5.74, 6) is -0.415. The Labute approximate surface area is 152 Å². The minimum atomic E-state index is -4.50. The van der Waals surface area contributed by atoms with Crippen molar-refractivity contribution in [2.45, 2.75) is 6.18 Å². The Morgan fingerprint density at radius 3 is 2.56 bits per heavy atom. The van der Waals surface area contributed by atoms with Gasteiger partial charge in [0.05, 0.1) is 11.1 Å². The van der Waals surface area contributed by atoms with E-state index < -0.39 is 24.3 Å². The maximum atomic E-state index is 12.7. The summed E-state index contributed by atoms with van der Waals surface area (Å²) in [7, 11) is 0. The van der Waals surface area contributed by atoms with Crippen molar-refractivity contribution in [2.24, 2.45) is 0 Å². The number of carbonyl (C=O) groups is 2. The van der Waals surface area contributed by atoms with Crippen LogP contribution in [0, 0.1) is 0 Å². The number of anilines is 1. The fourth-order valence-electron chi connectivity index (χ4n) is 2.64. The molecule has 0 heterocycles. The Hall–Kier alpha value is -3.35. The van der Waals surface area contributed by atoms with E-state index in [-0.39, 0.29) is 11.4 Å². The van der Waals surface area contributed by atoms with Gasteiger partial charge in [0.25, 0.3) is 5.91 Å². The van der Waals surface area contributed by atoms with Crippen molar-refractivity contribution < 1.29 is 27.5 Å². The first-order valence-corrected chi connectivity index (χ1v) is 7.95. The molecular formula is C20H14F3NO3. The van der Waals surface area contributed by atoms with E-state index in [1.807, 2.05) is 12.1 Å². The molecule has 0 unspecified atom stereocenters. The van der Waals surface area contributed by atoms with E-state index in [9.17, 15) is 22.8 Å². The van der Waals surface area contributed by atoms with E-state index in [0.717, 1.165) is 17.5 Å². The van der Waals surface area contributed by atoms with Crippen molar-refractivity contribution in [1.29, 1.82) is 0 Å². The molecule has 0 bridgehead atoms. The van der Waals surface area contributed by atoms with Gasteiger partial charge in [0.1, 0.15) is 5.75 Å². The fourth-order valence-corrected chi connectivity index (χ4v) is 2.64. The van der Waals surface area contributed by atoms with Crippen LogP contribution in [0.5, 0.6) is 5.75 Å². The van der Waals surface area contributed by atoms with Gasteiger partial charge in [-0.3, -0.25) is 9.59 Å². The summed E-state index contributed by atoms with van der Waals surface area (Å²) in [5.41, 5.74) is -0.550. The van der Waals surface area contributed by atoms with E-state index in [2.05, 4.69) is 5.32 Å². The van der Waals surface area contributed by atoms with Crippen molar-refractivity contribution in [3.63, 3.8) is 0 Å². The number of nitrogens with one attached hydrogen (secondary N) is 1. The number of halogens is 3. The molecular weight excluding hydrogens is 359 g/mol. The largest absolute Gasteiger partial charge is 0.483 e. The topological polar surface area (TPSA) is 55.4 Å². The van der Waals surface area contributed by atoms with Gasteiger partial charge < -0.3 is 10.1 Å². The van der Waals surface area contributed by atoms with Crippen LogP contribution in [0.25, 0.3) is 10.8 Å². The molecule has 0 radical (unpaired) electrons. The predicted octanol–water partition coefficient (Wildman–Crippen LogP) is 4.69. The van der Waals surface area contributed by atoms with Gasteiger partial charge in [0.15, 0.2) is 12.9 Å². The monoisotopic (exact) mass is 373 g/mol. The lowest BCUT2D eigenvalue weighted by molar-refractivity contribution is -0.137. The zero-order valence-corrected chi connectivity index (χ0v) is 13.9. The number of fused-ring (bicyclic) bond motifs is 1. The lowest BCUT2D eigenvalue weighted by atomic mass is 10.0. The summed E-state index contributed by atoms with van der Waals surface area (Å²) in [4.78, 5) is 23.4. The van der Waals surface area contributed by atoms with Crippen LogP contribution in [0.15, 0.2) is 60.7 Å². The van der Waals surface area contributed by atoms with Crippen LogP contribution in [-0.2, 0) is 11.0 Å². The van der Waals surface area contributed by atoms with Crippen LogP contribution in [0.4, 0.5) is 18.9 Å². The van der Waals surface area contributed by atoms with Crippen LogP contribution < -0.4 is 10.1 Å². The zero-order valence-electron chi connectivity index (χ0n) is 13.9. The van der Waals surface area contributed by atoms with Crippen molar-refractivity contribution in [1.82, 2.24) is 0 Å². The summed E-state index contributed by atoms with van der Waals surface area (Å²) in [6.45, 7) is -0.449. The summed E-state index contributed by atoms with van der Waals surface area (Å²) >= 11 is 0. The number of aldehydes is 1. The molecule has 0 spiro atoms. The predicted molar refractivity (Wildman–Crippen MR) is 94.9 cm³/mol. The molecule has 7 heteroatoms. The van der Waals surface area contributed by atoms with Gasteiger partial charge in [-0.15, -0.1) is 0 Å². The summed E-state index contributed by atoms with van der Waals surface area (Å²) < 4.78 is 43.5. The smallest absolute Gasteiger partial charge is 0.416 e. The van der Waals surface area contributed by atoms with Crippen LogP contribution in [0.1, 0.15) is 15.9 Å². The summed E-state index contributed by atoms with van der Waals surface area (Å²) in [5, 5.41) is 3.88. The Kier molecular flexibility index (Phi) is 5.12. The highest BCUT2D eigenvalue weighted by Gasteiger charge is 2.30. The van der Waals surface area contributed by atoms with Gasteiger partial charge in [-0.1, -0.05) is 36.4 Å². The van der Waals surface area contributed by atoms with E-state index in [0.29, 0.717) is 17.2 Å².